The fourth-order valence-electron chi connectivity index (χ4n) is 10.3. The zero-order valence-electron chi connectivity index (χ0n) is 52.4. The van der Waals surface area contributed by atoms with Gasteiger partial charge in [0.25, 0.3) is 5.91 Å². The molecular formula is C69H79N11O3S4. The summed E-state index contributed by atoms with van der Waals surface area (Å²) in [6.07, 6.45) is 0.968. The summed E-state index contributed by atoms with van der Waals surface area (Å²) in [6, 6.07) is 33.7. The minimum absolute atomic E-state index is 0.0110. The first-order valence-electron chi connectivity index (χ1n) is 29.5. The number of aryl methyl sites for hydroxylation is 7. The topological polar surface area (TPSA) is 201 Å². The smallest absolute Gasteiger partial charge is 0.263 e. The van der Waals surface area contributed by atoms with Gasteiger partial charge >= 0.3 is 0 Å². The first kappa shape index (κ1) is 63.8. The second-order valence-electron chi connectivity index (χ2n) is 22.5. The maximum Gasteiger partial charge on any atom is 0.263 e. The molecule has 2 amide bonds. The number of ketones is 1. The summed E-state index contributed by atoms with van der Waals surface area (Å²) in [4.78, 5) is 57.7. The number of Topliss-reactive ketones (excluding diaryl/α,β-unsaturated/α-hetero) is 1. The van der Waals surface area contributed by atoms with Crippen LogP contribution in [0.25, 0.3) is 84.0 Å². The van der Waals surface area contributed by atoms with E-state index >= 15 is 0 Å². The van der Waals surface area contributed by atoms with E-state index in [-0.39, 0.29) is 29.8 Å². The molecule has 1 aliphatic rings. The summed E-state index contributed by atoms with van der Waals surface area (Å²) in [5.74, 6) is 0.543. The first-order chi connectivity index (χ1) is 41.6. The highest BCUT2D eigenvalue weighted by molar-refractivity contribution is 7.22. The maximum absolute atomic E-state index is 12.3. The van der Waals surface area contributed by atoms with Gasteiger partial charge in [0.05, 0.1) is 50.9 Å². The number of fused-ring (bicyclic) bond motifs is 14. The third-order valence-corrected chi connectivity index (χ3v) is 20.2. The van der Waals surface area contributed by atoms with Crippen molar-refractivity contribution in [3.8, 4) is 0 Å². The van der Waals surface area contributed by atoms with Crippen LogP contribution in [0.4, 0.5) is 22.7 Å². The Hall–Kier alpha value is -7.71. The highest BCUT2D eigenvalue weighted by Crippen LogP contribution is 2.43. The third kappa shape index (κ3) is 14.0. The van der Waals surface area contributed by atoms with Crippen molar-refractivity contribution in [2.45, 2.75) is 115 Å². The molecule has 4 unspecified atom stereocenters. The molecule has 8 N–H and O–H groups in total. The summed E-state index contributed by atoms with van der Waals surface area (Å²) >= 11 is 6.83. The van der Waals surface area contributed by atoms with Gasteiger partial charge in [0.2, 0.25) is 5.91 Å². The molecule has 9 heterocycles. The number of nitrogens with zero attached hydrogens (tertiary/aromatic N) is 4. The molecule has 0 radical (unpaired) electrons. The summed E-state index contributed by atoms with van der Waals surface area (Å²) in [5, 5.41) is 28.6. The zero-order chi connectivity index (χ0) is 62.5. The lowest BCUT2D eigenvalue weighted by atomic mass is 10.1. The highest BCUT2D eigenvalue weighted by atomic mass is 32.1. The molecule has 0 saturated carbocycles. The summed E-state index contributed by atoms with van der Waals surface area (Å²) < 4.78 is 4.86. The van der Waals surface area contributed by atoms with Gasteiger partial charge in [0.1, 0.15) is 10.7 Å². The van der Waals surface area contributed by atoms with Crippen molar-refractivity contribution in [3.63, 3.8) is 0 Å². The lowest BCUT2D eigenvalue weighted by molar-refractivity contribution is -0.120. The van der Waals surface area contributed by atoms with Crippen LogP contribution in [0, 0.1) is 54.4 Å². The minimum Gasteiger partial charge on any atom is -0.397 e. The number of nitrogens with one attached hydrogen (secondary N) is 6. The van der Waals surface area contributed by atoms with Crippen LogP contribution >= 0.6 is 45.3 Å². The van der Waals surface area contributed by atoms with E-state index in [1.54, 1.807) is 36.6 Å². The highest BCUT2D eigenvalue weighted by Gasteiger charge is 2.25. The molecule has 18 heteroatoms. The number of thiophene rings is 4. The van der Waals surface area contributed by atoms with Crippen molar-refractivity contribution in [1.29, 1.82) is 0 Å². The number of likely N-dealkylation sites (N-methyl/N-ethyl adjacent to an activating group) is 2. The van der Waals surface area contributed by atoms with Crippen LogP contribution in [-0.2, 0) is 9.59 Å². The third-order valence-electron chi connectivity index (χ3n) is 15.8. The Bertz CT molecular complexity index is 4540. The van der Waals surface area contributed by atoms with E-state index in [1.807, 2.05) is 111 Å². The van der Waals surface area contributed by atoms with Crippen LogP contribution in [-0.4, -0.2) is 82.8 Å². The molecule has 0 spiro atoms. The molecule has 0 saturated heterocycles. The first-order valence-corrected chi connectivity index (χ1v) is 32.8. The van der Waals surface area contributed by atoms with E-state index in [4.69, 9.17) is 5.73 Å². The molecule has 452 valence electrons. The standard InChI is InChI=1S/C17H19N3OS.C17H21N3S.C16H15N3OS.C13H12N2S.C6H12O/c1-9-5-6-12-13(19-9)7-8-14-15(12)16(11(3)22-14)20-17(21)10(2)18-4;1-10-5-6-13-14(20-10)7-8-15-16(13)17(12(3)21-15)19-9-11(2)18-4;1-8-3-4-10-11(18-8)5-6-12-13(10)14-15(21-12)16(20)19-9(2)7-17-14;1-7-3-4-9-10(15-7)5-6-11-12(9)13(14)8(2)16-11;1-4-5(2)6(3)7/h5-8,10,18H,1-4H3,(H,20,21);5-8,11,18-19H,9H2,1-4H3;3-6,9,17H,7H2,1-2H3,(H,19,20);3-6H,14H2,1-2H3;5H,4H2,1-3H3. The lowest BCUT2D eigenvalue weighted by Gasteiger charge is -2.13. The van der Waals surface area contributed by atoms with Gasteiger partial charge in [-0.05, 0) is 169 Å². The predicted octanol–water partition coefficient (Wildman–Crippen LogP) is 16.3. The molecular weight excluding hydrogens is 1160 g/mol. The zero-order valence-corrected chi connectivity index (χ0v) is 55.7. The van der Waals surface area contributed by atoms with Gasteiger partial charge in [-0.2, -0.15) is 0 Å². The van der Waals surface area contributed by atoms with Crippen molar-refractivity contribution < 1.29 is 14.4 Å². The molecule has 14 nitrogen and oxygen atoms in total. The molecule has 8 aromatic heterocycles. The summed E-state index contributed by atoms with van der Waals surface area (Å²) in [7, 11) is 3.78. The quantitative estimate of drug-likeness (QED) is 0.0722. The fraction of sp³-hybridized carbons (Fsp3) is 0.319. The number of aromatic nitrogens is 4. The Morgan fingerprint density at radius 3 is 1.46 bits per heavy atom. The van der Waals surface area contributed by atoms with Crippen LogP contribution in [0.5, 0.6) is 0 Å². The average molecular weight is 1240 g/mol. The maximum atomic E-state index is 12.3. The second-order valence-corrected chi connectivity index (χ2v) is 27.3. The van der Waals surface area contributed by atoms with E-state index in [9.17, 15) is 14.4 Å². The number of hydrogen-bond acceptors (Lipinski definition) is 16. The Kier molecular flexibility index (Phi) is 20.2. The number of carbonyl (C=O) groups is 3. The number of pyridine rings is 4. The van der Waals surface area contributed by atoms with E-state index in [0.717, 1.165) is 128 Å². The van der Waals surface area contributed by atoms with Gasteiger partial charge in [0, 0.05) is 130 Å². The van der Waals surface area contributed by atoms with Gasteiger partial charge in [-0.1, -0.05) is 38.1 Å². The number of amides is 2. The Balaban J connectivity index is 0.000000134. The Morgan fingerprint density at radius 1 is 0.586 bits per heavy atom. The van der Waals surface area contributed by atoms with Gasteiger partial charge in [-0.25, -0.2) is 0 Å². The van der Waals surface area contributed by atoms with Gasteiger partial charge in [0.15, 0.2) is 0 Å². The van der Waals surface area contributed by atoms with Crippen molar-refractivity contribution in [2.24, 2.45) is 5.92 Å². The van der Waals surface area contributed by atoms with Crippen LogP contribution in [0.1, 0.15) is 95.0 Å². The van der Waals surface area contributed by atoms with Crippen LogP contribution in [0.15, 0.2) is 97.1 Å². The Morgan fingerprint density at radius 2 is 1.01 bits per heavy atom. The number of rotatable bonds is 9. The second kappa shape index (κ2) is 27.6. The number of nitrogen functional groups attached to an aromatic ring is 1. The molecule has 4 aromatic carbocycles. The molecule has 1 aliphatic heterocycles. The predicted molar refractivity (Wildman–Crippen MR) is 376 cm³/mol. The Labute approximate surface area is 525 Å². The van der Waals surface area contributed by atoms with Gasteiger partial charge < -0.3 is 37.6 Å². The van der Waals surface area contributed by atoms with E-state index in [2.05, 4.69) is 139 Å². The van der Waals surface area contributed by atoms with Crippen LogP contribution in [0.2, 0.25) is 0 Å². The van der Waals surface area contributed by atoms with Gasteiger partial charge in [-0.15, -0.1) is 45.3 Å². The average Bonchev–Trinajstić information content (AvgIpc) is 1.81. The molecule has 0 bridgehead atoms. The largest absolute Gasteiger partial charge is 0.397 e. The summed E-state index contributed by atoms with van der Waals surface area (Å²) in [6.45, 7) is 27.6. The van der Waals surface area contributed by atoms with Crippen LogP contribution < -0.4 is 37.6 Å². The number of benzene rings is 4. The number of nitrogens with two attached hydrogens (primary N) is 1. The van der Waals surface area contributed by atoms with Crippen molar-refractivity contribution in [3.05, 3.63) is 139 Å². The van der Waals surface area contributed by atoms with E-state index in [1.165, 1.54) is 51.7 Å². The molecule has 0 aliphatic carbocycles. The van der Waals surface area contributed by atoms with Gasteiger partial charge in [-0.3, -0.25) is 34.3 Å². The van der Waals surface area contributed by atoms with Crippen LogP contribution in [0.3, 0.4) is 0 Å². The monoisotopic (exact) mass is 1240 g/mol. The van der Waals surface area contributed by atoms with E-state index in [0.29, 0.717) is 11.8 Å². The molecule has 4 atom stereocenters. The van der Waals surface area contributed by atoms with Crippen molar-refractivity contribution in [2.75, 3.05) is 48.9 Å². The number of anilines is 4. The lowest BCUT2D eigenvalue weighted by Crippen LogP contribution is -2.35. The minimum atomic E-state index is -0.232. The van der Waals surface area contributed by atoms with E-state index < -0.39 is 0 Å². The summed E-state index contributed by atoms with van der Waals surface area (Å²) in [5.41, 5.74) is 18.3. The molecule has 13 rings (SSSR count). The molecule has 12 aromatic rings. The SMILES string of the molecule is CCC(C)C(C)=O.CNC(C)C(=O)Nc1c(C)sc2ccc3nc(C)ccc3c12.CNC(C)CNc1c(C)sc2ccc3nc(C)ccc3c12.Cc1ccc2c(ccc3sc(C)c(N)c32)n1.Cc1ccc2c(ccc3sc4c(c32)NCC(C)NC4=O)n1. The molecule has 87 heavy (non-hydrogen) atoms. The van der Waals surface area contributed by atoms with Crippen molar-refractivity contribution >= 4 is 170 Å². The fourth-order valence-corrected chi connectivity index (χ4v) is 14.5. The van der Waals surface area contributed by atoms with Crippen molar-refractivity contribution in [1.82, 2.24) is 35.9 Å². The number of hydrogen-bond donors (Lipinski definition) is 7. The molecule has 0 fully saturated rings. The number of carbonyl (C=O) groups excluding carboxylic acids is 3. The normalized spacial score (nSPS) is 13.9.